The van der Waals surface area contributed by atoms with Gasteiger partial charge in [-0.3, -0.25) is 0 Å². The molecule has 1 rings (SSSR count). The molecule has 0 radical (unpaired) electrons. The summed E-state index contributed by atoms with van der Waals surface area (Å²) in [5.41, 5.74) is 0.793. The zero-order valence-corrected chi connectivity index (χ0v) is 12.0. The molecule has 19 heavy (non-hydrogen) atoms. The molecule has 1 aromatic rings. The van der Waals surface area contributed by atoms with E-state index in [1.54, 1.807) is 12.1 Å². The van der Waals surface area contributed by atoms with Crippen molar-refractivity contribution in [2.75, 3.05) is 6.61 Å². The van der Waals surface area contributed by atoms with Gasteiger partial charge in [0.2, 0.25) is 10.0 Å². The number of rotatable bonds is 5. The topological polar surface area (TPSA) is 90.2 Å². The molecule has 0 spiro atoms. The Bertz CT molecular complexity index is 617. The van der Waals surface area contributed by atoms with Crippen molar-refractivity contribution in [2.24, 2.45) is 0 Å². The van der Waals surface area contributed by atoms with Gasteiger partial charge in [0.05, 0.1) is 12.7 Å². The number of nitrogens with zero attached hydrogens (tertiary/aromatic N) is 1. The predicted octanol–water partition coefficient (Wildman–Crippen LogP) is 0.813. The average Bonchev–Trinajstić information content (AvgIpc) is 2.84. The molecule has 0 bridgehead atoms. The van der Waals surface area contributed by atoms with Crippen molar-refractivity contribution >= 4 is 21.4 Å². The van der Waals surface area contributed by atoms with Gasteiger partial charge in [-0.25, -0.2) is 13.1 Å². The van der Waals surface area contributed by atoms with Gasteiger partial charge in [-0.1, -0.05) is 11.8 Å². The van der Waals surface area contributed by atoms with Gasteiger partial charge in [0.25, 0.3) is 0 Å². The summed E-state index contributed by atoms with van der Waals surface area (Å²) in [6.07, 6.45) is 0.414. The summed E-state index contributed by atoms with van der Waals surface area (Å²) in [7, 11) is -3.59. The van der Waals surface area contributed by atoms with E-state index in [0.717, 1.165) is 10.4 Å². The summed E-state index contributed by atoms with van der Waals surface area (Å²) in [4.78, 5) is 0.821. The van der Waals surface area contributed by atoms with Crippen LogP contribution in [0.2, 0.25) is 0 Å². The van der Waals surface area contributed by atoms with Crippen molar-refractivity contribution in [3.05, 3.63) is 21.9 Å². The number of sulfonamides is 1. The van der Waals surface area contributed by atoms with Gasteiger partial charge in [-0.2, -0.15) is 5.26 Å². The fourth-order valence-corrected chi connectivity index (χ4v) is 2.72. The fourth-order valence-electron chi connectivity index (χ4n) is 1.13. The van der Waals surface area contributed by atoms with Gasteiger partial charge in [0, 0.05) is 28.8 Å². The number of nitriles is 1. The Labute approximate surface area is 116 Å². The van der Waals surface area contributed by atoms with Gasteiger partial charge in [0.15, 0.2) is 5.25 Å². The highest BCUT2D eigenvalue weighted by Gasteiger charge is 2.19. The molecule has 0 fully saturated rings. The molecule has 0 aliphatic rings. The summed E-state index contributed by atoms with van der Waals surface area (Å²) in [6.45, 7) is 1.51. The maximum absolute atomic E-state index is 11.6. The van der Waals surface area contributed by atoms with Crippen LogP contribution in [0.5, 0.6) is 0 Å². The number of nitrogens with one attached hydrogen (secondary N) is 1. The van der Waals surface area contributed by atoms with Gasteiger partial charge in [0.1, 0.15) is 0 Å². The highest BCUT2D eigenvalue weighted by Crippen LogP contribution is 2.14. The SMILES string of the molecule is CC(C#N)S(=O)(=O)NCc1cc(C#CCCO)cs1. The Kier molecular flexibility index (Phi) is 6.00. The normalized spacial score (nSPS) is 12.3. The van der Waals surface area contributed by atoms with Crippen LogP contribution in [0, 0.1) is 23.2 Å². The Morgan fingerprint density at radius 3 is 2.95 bits per heavy atom. The molecule has 1 aromatic heterocycles. The minimum Gasteiger partial charge on any atom is -0.395 e. The Morgan fingerprint density at radius 1 is 1.58 bits per heavy atom. The molecule has 1 heterocycles. The number of hydrogen-bond donors (Lipinski definition) is 2. The molecule has 1 atom stereocenters. The van der Waals surface area contributed by atoms with Crippen molar-refractivity contribution in [1.29, 1.82) is 5.26 Å². The van der Waals surface area contributed by atoms with E-state index < -0.39 is 15.3 Å². The van der Waals surface area contributed by atoms with E-state index in [2.05, 4.69) is 16.6 Å². The molecular formula is C12H14N2O3S2. The second-order valence-electron chi connectivity index (χ2n) is 3.71. The lowest BCUT2D eigenvalue weighted by Gasteiger charge is -2.05. The van der Waals surface area contributed by atoms with Crippen LogP contribution >= 0.6 is 11.3 Å². The Balaban J connectivity index is 2.62. The molecule has 0 saturated heterocycles. The van der Waals surface area contributed by atoms with Crippen LogP contribution in [0.3, 0.4) is 0 Å². The summed E-state index contributed by atoms with van der Waals surface area (Å²) in [5, 5.41) is 17.9. The first-order valence-corrected chi connectivity index (χ1v) is 7.97. The molecule has 0 aliphatic carbocycles. The third kappa shape index (κ3) is 5.01. The number of aliphatic hydroxyl groups excluding tert-OH is 1. The monoisotopic (exact) mass is 298 g/mol. The maximum atomic E-state index is 11.6. The minimum atomic E-state index is -3.59. The van der Waals surface area contributed by atoms with Crippen LogP contribution in [0.4, 0.5) is 0 Å². The van der Waals surface area contributed by atoms with Crippen LogP contribution in [0.15, 0.2) is 11.4 Å². The van der Waals surface area contributed by atoms with Gasteiger partial charge in [-0.05, 0) is 13.0 Å². The number of hydrogen-bond acceptors (Lipinski definition) is 5. The minimum absolute atomic E-state index is 0.0237. The fraction of sp³-hybridized carbons (Fsp3) is 0.417. The largest absolute Gasteiger partial charge is 0.395 e. The molecule has 0 aliphatic heterocycles. The predicted molar refractivity (Wildman–Crippen MR) is 73.7 cm³/mol. The van der Waals surface area contributed by atoms with Crippen molar-refractivity contribution in [3.63, 3.8) is 0 Å². The van der Waals surface area contributed by atoms with E-state index in [1.165, 1.54) is 18.3 Å². The summed E-state index contributed by atoms with van der Waals surface area (Å²) in [6, 6.07) is 3.47. The van der Waals surface area contributed by atoms with E-state index in [4.69, 9.17) is 10.4 Å². The third-order valence-electron chi connectivity index (χ3n) is 2.22. The van der Waals surface area contributed by atoms with Crippen molar-refractivity contribution in [3.8, 4) is 17.9 Å². The molecule has 5 nitrogen and oxygen atoms in total. The quantitative estimate of drug-likeness (QED) is 0.787. The summed E-state index contributed by atoms with van der Waals surface area (Å²) < 4.78 is 25.5. The molecule has 0 aromatic carbocycles. The molecule has 0 saturated carbocycles. The Hall–Kier alpha value is -1.38. The van der Waals surface area contributed by atoms with Gasteiger partial charge in [-0.15, -0.1) is 11.3 Å². The van der Waals surface area contributed by atoms with E-state index in [-0.39, 0.29) is 13.2 Å². The second kappa shape index (κ2) is 7.27. The smallest absolute Gasteiger partial charge is 0.228 e. The summed E-state index contributed by atoms with van der Waals surface area (Å²) >= 11 is 1.39. The van der Waals surface area contributed by atoms with E-state index >= 15 is 0 Å². The van der Waals surface area contributed by atoms with Crippen molar-refractivity contribution in [1.82, 2.24) is 4.72 Å². The Morgan fingerprint density at radius 2 is 2.32 bits per heavy atom. The first kappa shape index (κ1) is 15.7. The third-order valence-corrected chi connectivity index (χ3v) is 4.74. The molecule has 7 heteroatoms. The first-order chi connectivity index (χ1) is 8.99. The average molecular weight is 298 g/mol. The lowest BCUT2D eigenvalue weighted by atomic mass is 10.3. The molecule has 1 unspecified atom stereocenters. The zero-order valence-electron chi connectivity index (χ0n) is 10.4. The van der Waals surface area contributed by atoms with E-state index in [9.17, 15) is 8.42 Å². The summed E-state index contributed by atoms with van der Waals surface area (Å²) in [5.74, 6) is 5.66. The molecular weight excluding hydrogens is 284 g/mol. The molecule has 2 N–H and O–H groups in total. The van der Waals surface area contributed by atoms with Crippen molar-refractivity contribution < 1.29 is 13.5 Å². The highest BCUT2D eigenvalue weighted by molar-refractivity contribution is 7.90. The van der Waals surface area contributed by atoms with Crippen LogP contribution in [-0.4, -0.2) is 25.4 Å². The van der Waals surface area contributed by atoms with Crippen LogP contribution in [-0.2, 0) is 16.6 Å². The lowest BCUT2D eigenvalue weighted by molar-refractivity contribution is 0.305. The number of aliphatic hydroxyl groups is 1. The van der Waals surface area contributed by atoms with Gasteiger partial charge >= 0.3 is 0 Å². The zero-order chi connectivity index (χ0) is 14.3. The van der Waals surface area contributed by atoms with Gasteiger partial charge < -0.3 is 5.11 Å². The maximum Gasteiger partial charge on any atom is 0.228 e. The van der Waals surface area contributed by atoms with E-state index in [1.807, 2.05) is 5.38 Å². The number of thiophene rings is 1. The van der Waals surface area contributed by atoms with Crippen LogP contribution < -0.4 is 4.72 Å². The lowest BCUT2D eigenvalue weighted by Crippen LogP contribution is -2.30. The highest BCUT2D eigenvalue weighted by atomic mass is 32.2. The second-order valence-corrected chi connectivity index (χ2v) is 6.80. The van der Waals surface area contributed by atoms with Crippen molar-refractivity contribution in [2.45, 2.75) is 25.1 Å². The molecule has 102 valence electrons. The molecule has 0 amide bonds. The van der Waals surface area contributed by atoms with Crippen LogP contribution in [0.25, 0.3) is 0 Å². The first-order valence-electron chi connectivity index (χ1n) is 5.55. The van der Waals surface area contributed by atoms with Crippen LogP contribution in [0.1, 0.15) is 23.8 Å². The standard InChI is InChI=1S/C12H14N2O3S2/c1-10(7-13)19(16,17)14-8-12-6-11(9-18-12)4-2-3-5-15/h6,9-10,14-15H,3,5,8H2,1H3. The van der Waals surface area contributed by atoms with E-state index in [0.29, 0.717) is 6.42 Å².